The minimum absolute atomic E-state index is 0.494. The van der Waals surface area contributed by atoms with Gasteiger partial charge in [-0.3, -0.25) is 0 Å². The monoisotopic (exact) mass is 360 g/mol. The summed E-state index contributed by atoms with van der Waals surface area (Å²) < 4.78 is 0. The van der Waals surface area contributed by atoms with E-state index in [4.69, 9.17) is 0 Å². The molecule has 0 unspecified atom stereocenters. The molecule has 0 aliphatic carbocycles. The van der Waals surface area contributed by atoms with Gasteiger partial charge < -0.3 is 0 Å². The van der Waals surface area contributed by atoms with Gasteiger partial charge in [0.05, 0.1) is 0 Å². The molecule has 0 spiro atoms. The van der Waals surface area contributed by atoms with E-state index in [1.165, 1.54) is 60.0 Å². The predicted molar refractivity (Wildman–Crippen MR) is 118 cm³/mol. The van der Waals surface area contributed by atoms with Gasteiger partial charge in [0.15, 0.2) is 0 Å². The van der Waals surface area contributed by atoms with Gasteiger partial charge in [0, 0.05) is 0 Å². The van der Waals surface area contributed by atoms with E-state index >= 15 is 0 Å². The van der Waals surface area contributed by atoms with Crippen LogP contribution in [0.1, 0.15) is 44.6 Å². The maximum absolute atomic E-state index is 2.35. The zero-order chi connectivity index (χ0) is 18.0. The van der Waals surface area contributed by atoms with Crippen LogP contribution in [-0.2, 0) is 6.42 Å². The van der Waals surface area contributed by atoms with Crippen LogP contribution in [0.25, 0.3) is 0 Å². The van der Waals surface area contributed by atoms with Gasteiger partial charge in [-0.1, -0.05) is 118 Å². The molecule has 3 aromatic carbocycles. The van der Waals surface area contributed by atoms with Gasteiger partial charge in [-0.15, -0.1) is 0 Å². The van der Waals surface area contributed by atoms with Crippen LogP contribution in [0.4, 0.5) is 0 Å². The largest absolute Gasteiger partial charge is 0.0654 e. The van der Waals surface area contributed by atoms with Crippen molar-refractivity contribution in [3.05, 3.63) is 90.5 Å². The SMILES string of the molecule is CCCCCCCc1ccccc1P(c1ccccc1)c1ccccc1. The minimum atomic E-state index is -0.494. The molecule has 0 heterocycles. The molecule has 0 aromatic heterocycles. The van der Waals surface area contributed by atoms with Crippen LogP contribution in [0.5, 0.6) is 0 Å². The second kappa shape index (κ2) is 10.3. The first-order valence-corrected chi connectivity index (χ1v) is 11.2. The summed E-state index contributed by atoms with van der Waals surface area (Å²) in [5, 5.41) is 4.40. The fourth-order valence-corrected chi connectivity index (χ4v) is 5.94. The Kier molecular flexibility index (Phi) is 7.47. The van der Waals surface area contributed by atoms with E-state index < -0.39 is 7.92 Å². The van der Waals surface area contributed by atoms with Crippen LogP contribution < -0.4 is 15.9 Å². The first-order chi connectivity index (χ1) is 12.9. The number of aryl methyl sites for hydroxylation is 1. The maximum atomic E-state index is 2.35. The molecule has 0 saturated heterocycles. The van der Waals surface area contributed by atoms with Gasteiger partial charge in [-0.05, 0) is 42.2 Å². The van der Waals surface area contributed by atoms with Crippen LogP contribution in [0, 0.1) is 0 Å². The number of unbranched alkanes of at least 4 members (excludes halogenated alkanes) is 4. The molecule has 1 heteroatoms. The van der Waals surface area contributed by atoms with Crippen molar-refractivity contribution in [3.63, 3.8) is 0 Å². The Labute approximate surface area is 160 Å². The quantitative estimate of drug-likeness (QED) is 0.326. The first kappa shape index (κ1) is 18.9. The summed E-state index contributed by atoms with van der Waals surface area (Å²) in [5.41, 5.74) is 1.53. The van der Waals surface area contributed by atoms with Gasteiger partial charge in [0.1, 0.15) is 0 Å². The van der Waals surface area contributed by atoms with Gasteiger partial charge in [-0.2, -0.15) is 0 Å². The van der Waals surface area contributed by atoms with Gasteiger partial charge in [0.25, 0.3) is 0 Å². The third kappa shape index (κ3) is 5.05. The van der Waals surface area contributed by atoms with Crippen molar-refractivity contribution in [1.29, 1.82) is 0 Å². The lowest BCUT2D eigenvalue weighted by Gasteiger charge is -2.22. The van der Waals surface area contributed by atoms with Crippen LogP contribution in [0.15, 0.2) is 84.9 Å². The Morgan fingerprint density at radius 3 is 1.73 bits per heavy atom. The Morgan fingerprint density at radius 1 is 0.577 bits per heavy atom. The summed E-state index contributed by atoms with van der Waals surface area (Å²) in [6, 6.07) is 31.2. The molecule has 0 bridgehead atoms. The van der Waals surface area contributed by atoms with Crippen LogP contribution in [-0.4, -0.2) is 0 Å². The van der Waals surface area contributed by atoms with E-state index in [2.05, 4.69) is 91.9 Å². The van der Waals surface area contributed by atoms with Crippen molar-refractivity contribution in [2.24, 2.45) is 0 Å². The van der Waals surface area contributed by atoms with E-state index in [-0.39, 0.29) is 0 Å². The summed E-state index contributed by atoms with van der Waals surface area (Å²) in [6.07, 6.45) is 7.87. The number of hydrogen-bond donors (Lipinski definition) is 0. The number of rotatable bonds is 9. The van der Waals surface area contributed by atoms with Gasteiger partial charge in [0.2, 0.25) is 0 Å². The van der Waals surface area contributed by atoms with Gasteiger partial charge >= 0.3 is 0 Å². The minimum Gasteiger partial charge on any atom is -0.0654 e. The van der Waals surface area contributed by atoms with Crippen LogP contribution in [0.3, 0.4) is 0 Å². The molecule has 0 nitrogen and oxygen atoms in total. The average Bonchev–Trinajstić information content (AvgIpc) is 2.71. The maximum Gasteiger partial charge on any atom is -0.0119 e. The highest BCUT2D eigenvalue weighted by molar-refractivity contribution is 7.79. The van der Waals surface area contributed by atoms with Crippen LogP contribution in [0.2, 0.25) is 0 Å². The zero-order valence-electron chi connectivity index (χ0n) is 15.8. The molecule has 0 N–H and O–H groups in total. The first-order valence-electron chi connectivity index (χ1n) is 9.88. The predicted octanol–water partition coefficient (Wildman–Crippen LogP) is 5.96. The second-order valence-corrected chi connectivity index (χ2v) is 8.98. The summed E-state index contributed by atoms with van der Waals surface area (Å²) in [5.74, 6) is 0. The van der Waals surface area contributed by atoms with Crippen molar-refractivity contribution in [2.45, 2.75) is 45.4 Å². The molecule has 0 radical (unpaired) electrons. The molecule has 134 valence electrons. The van der Waals surface area contributed by atoms with E-state index in [0.717, 1.165) is 0 Å². The summed E-state index contributed by atoms with van der Waals surface area (Å²) >= 11 is 0. The third-order valence-electron chi connectivity index (χ3n) is 4.81. The van der Waals surface area contributed by atoms with Crippen molar-refractivity contribution >= 4 is 23.8 Å². The van der Waals surface area contributed by atoms with Crippen LogP contribution >= 0.6 is 7.92 Å². The molecule has 0 aliphatic heterocycles. The molecule has 3 rings (SSSR count). The van der Waals surface area contributed by atoms with Gasteiger partial charge in [-0.25, -0.2) is 0 Å². The second-order valence-electron chi connectivity index (χ2n) is 6.80. The molecular weight excluding hydrogens is 331 g/mol. The molecule has 26 heavy (non-hydrogen) atoms. The zero-order valence-corrected chi connectivity index (χ0v) is 16.7. The lowest BCUT2D eigenvalue weighted by Crippen LogP contribution is -2.23. The lowest BCUT2D eigenvalue weighted by atomic mass is 10.1. The van der Waals surface area contributed by atoms with E-state index in [1.807, 2.05) is 0 Å². The number of benzene rings is 3. The Balaban J connectivity index is 1.90. The van der Waals surface area contributed by atoms with Crippen molar-refractivity contribution in [1.82, 2.24) is 0 Å². The smallest absolute Gasteiger partial charge is 0.0119 e. The Bertz CT molecular complexity index is 725. The van der Waals surface area contributed by atoms with E-state index in [1.54, 1.807) is 0 Å². The number of hydrogen-bond acceptors (Lipinski definition) is 0. The lowest BCUT2D eigenvalue weighted by molar-refractivity contribution is 0.633. The fraction of sp³-hybridized carbons (Fsp3) is 0.280. The molecule has 0 atom stereocenters. The molecule has 0 aliphatic rings. The topological polar surface area (TPSA) is 0 Å². The molecular formula is C25H29P. The summed E-state index contributed by atoms with van der Waals surface area (Å²) in [6.45, 7) is 2.28. The van der Waals surface area contributed by atoms with E-state index in [9.17, 15) is 0 Å². The Hall–Kier alpha value is -1.91. The van der Waals surface area contributed by atoms with Crippen molar-refractivity contribution in [2.75, 3.05) is 0 Å². The Morgan fingerprint density at radius 2 is 1.12 bits per heavy atom. The van der Waals surface area contributed by atoms with E-state index in [0.29, 0.717) is 0 Å². The normalized spacial score (nSPS) is 11.0. The molecule has 0 fully saturated rings. The fourth-order valence-electron chi connectivity index (χ4n) is 3.44. The highest BCUT2D eigenvalue weighted by atomic mass is 31.1. The summed E-state index contributed by atoms with van der Waals surface area (Å²) in [4.78, 5) is 0. The standard InChI is InChI=1S/C25H29P/c1-2-3-4-5-8-15-22-16-13-14-21-25(22)26(23-17-9-6-10-18-23)24-19-11-7-12-20-24/h6-7,9-14,16-21H,2-5,8,15H2,1H3. The molecule has 0 saturated carbocycles. The third-order valence-corrected chi connectivity index (χ3v) is 7.36. The molecule has 0 amide bonds. The molecule has 3 aromatic rings. The highest BCUT2D eigenvalue weighted by Gasteiger charge is 2.18. The van der Waals surface area contributed by atoms with Crippen molar-refractivity contribution in [3.8, 4) is 0 Å². The summed E-state index contributed by atoms with van der Waals surface area (Å²) in [7, 11) is -0.494. The van der Waals surface area contributed by atoms with Crippen molar-refractivity contribution < 1.29 is 0 Å². The average molecular weight is 360 g/mol. The highest BCUT2D eigenvalue weighted by Crippen LogP contribution is 2.34.